The number of halogens is 1. The number of carbonyl (C=O) groups is 1. The molecule has 2 aromatic rings. The highest BCUT2D eigenvalue weighted by molar-refractivity contribution is 6.32. The standard InChI is InChI=1S/C13H13ClN2O2/c1-8(18-2)13(17)16-11-7-10(14)6-9-4-3-5-15-12(9)11/h3-8H,1-2H3,(H,16,17). The predicted molar refractivity (Wildman–Crippen MR) is 71.9 cm³/mol. The first kappa shape index (κ1) is 12.8. The van der Waals surface area contributed by atoms with Gasteiger partial charge in [0, 0.05) is 23.7 Å². The van der Waals surface area contributed by atoms with Crippen LogP contribution in [0.1, 0.15) is 6.92 Å². The van der Waals surface area contributed by atoms with Crippen LogP contribution in [0.2, 0.25) is 5.02 Å². The van der Waals surface area contributed by atoms with Gasteiger partial charge in [0.25, 0.3) is 5.91 Å². The summed E-state index contributed by atoms with van der Waals surface area (Å²) in [5.41, 5.74) is 1.30. The zero-order valence-corrected chi connectivity index (χ0v) is 10.9. The van der Waals surface area contributed by atoms with Crippen molar-refractivity contribution < 1.29 is 9.53 Å². The Morgan fingerprint density at radius 1 is 1.50 bits per heavy atom. The van der Waals surface area contributed by atoms with Crippen LogP contribution in [0.25, 0.3) is 10.9 Å². The Labute approximate surface area is 110 Å². The Bertz CT molecular complexity index is 586. The van der Waals surface area contributed by atoms with Crippen LogP contribution in [0.3, 0.4) is 0 Å². The summed E-state index contributed by atoms with van der Waals surface area (Å²) in [4.78, 5) is 16.0. The Hall–Kier alpha value is -1.65. The summed E-state index contributed by atoms with van der Waals surface area (Å²) in [6.45, 7) is 1.68. The average Bonchev–Trinajstić information content (AvgIpc) is 2.37. The predicted octanol–water partition coefficient (Wildman–Crippen LogP) is 2.86. The van der Waals surface area contributed by atoms with Crippen molar-refractivity contribution in [3.8, 4) is 0 Å². The summed E-state index contributed by atoms with van der Waals surface area (Å²) < 4.78 is 4.96. The van der Waals surface area contributed by atoms with Crippen LogP contribution in [0.15, 0.2) is 30.5 Å². The zero-order valence-electron chi connectivity index (χ0n) is 10.1. The number of nitrogens with zero attached hydrogens (tertiary/aromatic N) is 1. The second-order valence-electron chi connectivity index (χ2n) is 3.90. The highest BCUT2D eigenvalue weighted by Gasteiger charge is 2.14. The molecule has 1 heterocycles. The topological polar surface area (TPSA) is 51.2 Å². The number of hydrogen-bond donors (Lipinski definition) is 1. The first-order chi connectivity index (χ1) is 8.61. The van der Waals surface area contributed by atoms with Gasteiger partial charge in [-0.3, -0.25) is 9.78 Å². The van der Waals surface area contributed by atoms with Crippen LogP contribution in [0.4, 0.5) is 5.69 Å². The van der Waals surface area contributed by atoms with E-state index in [1.807, 2.05) is 12.1 Å². The molecule has 94 valence electrons. The Kier molecular flexibility index (Phi) is 3.79. The molecule has 0 fully saturated rings. The van der Waals surface area contributed by atoms with Gasteiger partial charge >= 0.3 is 0 Å². The van der Waals surface area contributed by atoms with Crippen LogP contribution in [-0.2, 0) is 9.53 Å². The van der Waals surface area contributed by atoms with Crippen molar-refractivity contribution in [3.05, 3.63) is 35.5 Å². The lowest BCUT2D eigenvalue weighted by Crippen LogP contribution is -2.26. The number of benzene rings is 1. The molecule has 18 heavy (non-hydrogen) atoms. The number of hydrogen-bond acceptors (Lipinski definition) is 3. The van der Waals surface area contributed by atoms with E-state index in [0.717, 1.165) is 5.39 Å². The number of rotatable bonds is 3. The molecule has 1 amide bonds. The fraction of sp³-hybridized carbons (Fsp3) is 0.231. The lowest BCUT2D eigenvalue weighted by atomic mass is 10.2. The van der Waals surface area contributed by atoms with E-state index in [1.165, 1.54) is 7.11 Å². The molecule has 0 radical (unpaired) electrons. The van der Waals surface area contributed by atoms with Gasteiger partial charge in [-0.2, -0.15) is 0 Å². The highest BCUT2D eigenvalue weighted by atomic mass is 35.5. The molecule has 1 N–H and O–H groups in total. The lowest BCUT2D eigenvalue weighted by Gasteiger charge is -2.12. The molecule has 0 spiro atoms. The van der Waals surface area contributed by atoms with Crippen LogP contribution >= 0.6 is 11.6 Å². The van der Waals surface area contributed by atoms with E-state index in [2.05, 4.69) is 10.3 Å². The third-order valence-electron chi connectivity index (χ3n) is 2.65. The second kappa shape index (κ2) is 5.33. The summed E-state index contributed by atoms with van der Waals surface area (Å²) in [7, 11) is 1.48. The molecule has 5 heteroatoms. The highest BCUT2D eigenvalue weighted by Crippen LogP contribution is 2.26. The summed E-state index contributed by atoms with van der Waals surface area (Å²) in [5.74, 6) is -0.230. The molecule has 1 aromatic heterocycles. The van der Waals surface area contributed by atoms with Gasteiger partial charge in [0.05, 0.1) is 11.2 Å². The third kappa shape index (κ3) is 2.60. The molecule has 1 aromatic carbocycles. The van der Waals surface area contributed by atoms with Gasteiger partial charge in [0.2, 0.25) is 0 Å². The van der Waals surface area contributed by atoms with Crippen molar-refractivity contribution in [2.24, 2.45) is 0 Å². The lowest BCUT2D eigenvalue weighted by molar-refractivity contribution is -0.124. The van der Waals surface area contributed by atoms with Crippen LogP contribution in [-0.4, -0.2) is 24.1 Å². The first-order valence-corrected chi connectivity index (χ1v) is 5.87. The summed E-state index contributed by atoms with van der Waals surface area (Å²) >= 11 is 6.01. The van der Waals surface area contributed by atoms with Crippen LogP contribution in [0, 0.1) is 0 Å². The second-order valence-corrected chi connectivity index (χ2v) is 4.33. The van der Waals surface area contributed by atoms with Crippen molar-refractivity contribution in [1.82, 2.24) is 4.98 Å². The normalized spacial score (nSPS) is 12.4. The molecule has 1 atom stereocenters. The number of pyridine rings is 1. The first-order valence-electron chi connectivity index (χ1n) is 5.49. The van der Waals surface area contributed by atoms with E-state index in [-0.39, 0.29) is 5.91 Å². The number of amides is 1. The monoisotopic (exact) mass is 264 g/mol. The number of anilines is 1. The molecule has 4 nitrogen and oxygen atoms in total. The van der Waals surface area contributed by atoms with Gasteiger partial charge in [-0.25, -0.2) is 0 Å². The summed E-state index contributed by atoms with van der Waals surface area (Å²) in [6.07, 6.45) is 1.15. The number of aromatic nitrogens is 1. The van der Waals surface area contributed by atoms with Crippen molar-refractivity contribution in [2.75, 3.05) is 12.4 Å². The Morgan fingerprint density at radius 2 is 2.28 bits per heavy atom. The minimum absolute atomic E-state index is 0.230. The van der Waals surface area contributed by atoms with Crippen LogP contribution < -0.4 is 5.32 Å². The molecule has 0 saturated heterocycles. The quantitative estimate of drug-likeness (QED) is 0.927. The Balaban J connectivity index is 2.41. The number of carbonyl (C=O) groups excluding carboxylic acids is 1. The van der Waals surface area contributed by atoms with Crippen molar-refractivity contribution >= 4 is 34.1 Å². The minimum Gasteiger partial charge on any atom is -0.372 e. The van der Waals surface area contributed by atoms with E-state index in [1.54, 1.807) is 25.3 Å². The maximum atomic E-state index is 11.8. The SMILES string of the molecule is COC(C)C(=O)Nc1cc(Cl)cc2cccnc12. The molecule has 0 aliphatic heterocycles. The third-order valence-corrected chi connectivity index (χ3v) is 2.87. The maximum Gasteiger partial charge on any atom is 0.253 e. The zero-order chi connectivity index (χ0) is 13.1. The van der Waals surface area contributed by atoms with Gasteiger partial charge in [-0.15, -0.1) is 0 Å². The van der Waals surface area contributed by atoms with Crippen molar-refractivity contribution in [2.45, 2.75) is 13.0 Å². The molecule has 0 bridgehead atoms. The molecule has 2 rings (SSSR count). The smallest absolute Gasteiger partial charge is 0.253 e. The molecule has 0 aliphatic rings. The van der Waals surface area contributed by atoms with E-state index >= 15 is 0 Å². The maximum absolute atomic E-state index is 11.8. The average molecular weight is 265 g/mol. The van der Waals surface area contributed by atoms with E-state index in [9.17, 15) is 4.79 Å². The summed E-state index contributed by atoms with van der Waals surface area (Å²) in [6, 6.07) is 7.20. The van der Waals surface area contributed by atoms with Crippen molar-refractivity contribution in [3.63, 3.8) is 0 Å². The van der Waals surface area contributed by atoms with Gasteiger partial charge in [-0.1, -0.05) is 17.7 Å². The molecule has 1 unspecified atom stereocenters. The molecule has 0 aliphatic carbocycles. The fourth-order valence-corrected chi connectivity index (χ4v) is 1.82. The molecule has 0 saturated carbocycles. The van der Waals surface area contributed by atoms with Gasteiger partial charge < -0.3 is 10.1 Å². The largest absolute Gasteiger partial charge is 0.372 e. The van der Waals surface area contributed by atoms with E-state index in [4.69, 9.17) is 16.3 Å². The number of ether oxygens (including phenoxy) is 1. The summed E-state index contributed by atoms with van der Waals surface area (Å²) in [5, 5.41) is 4.20. The number of methoxy groups -OCH3 is 1. The van der Waals surface area contributed by atoms with Crippen LogP contribution in [0.5, 0.6) is 0 Å². The fourth-order valence-electron chi connectivity index (χ4n) is 1.59. The van der Waals surface area contributed by atoms with Crippen molar-refractivity contribution in [1.29, 1.82) is 0 Å². The Morgan fingerprint density at radius 3 is 3.00 bits per heavy atom. The number of nitrogens with one attached hydrogen (secondary N) is 1. The van der Waals surface area contributed by atoms with Gasteiger partial charge in [0.1, 0.15) is 6.10 Å². The minimum atomic E-state index is -0.525. The van der Waals surface area contributed by atoms with E-state index < -0.39 is 6.10 Å². The number of fused-ring (bicyclic) bond motifs is 1. The van der Waals surface area contributed by atoms with Gasteiger partial charge in [-0.05, 0) is 25.1 Å². The molecular weight excluding hydrogens is 252 g/mol. The van der Waals surface area contributed by atoms with E-state index in [0.29, 0.717) is 16.2 Å². The van der Waals surface area contributed by atoms with Gasteiger partial charge in [0.15, 0.2) is 0 Å². The molecular formula is C13H13ClN2O2.